The lowest BCUT2D eigenvalue weighted by atomic mass is 10.2. The molecule has 2 aromatic carbocycles. The minimum Gasteiger partial charge on any atom is -0.324 e. The molecule has 0 radical (unpaired) electrons. The van der Waals surface area contributed by atoms with Crippen molar-refractivity contribution < 1.29 is 9.18 Å². The van der Waals surface area contributed by atoms with Crippen LogP contribution < -0.4 is 5.32 Å². The number of nitrogens with one attached hydrogen (secondary N) is 1. The summed E-state index contributed by atoms with van der Waals surface area (Å²) in [6.07, 6.45) is 0. The normalized spacial score (nSPS) is 10.8. The summed E-state index contributed by atoms with van der Waals surface area (Å²) in [4.78, 5) is 13.8. The van der Waals surface area contributed by atoms with E-state index in [0.29, 0.717) is 22.3 Å². The molecule has 116 valence electrons. The average molecular weight is 341 g/mol. The van der Waals surface area contributed by atoms with Crippen molar-refractivity contribution in [1.29, 1.82) is 0 Å². The smallest absolute Gasteiger partial charge is 0.238 e. The largest absolute Gasteiger partial charge is 0.324 e. The molecule has 0 aliphatic heterocycles. The lowest BCUT2D eigenvalue weighted by molar-refractivity contribution is -0.117. The predicted molar refractivity (Wildman–Crippen MR) is 87.8 cm³/mol. The molecule has 0 fully saturated rings. The summed E-state index contributed by atoms with van der Waals surface area (Å²) < 4.78 is 13.1. The van der Waals surface area contributed by atoms with E-state index in [1.165, 1.54) is 12.1 Å². The summed E-state index contributed by atoms with van der Waals surface area (Å²) in [5, 5.41) is 3.40. The van der Waals surface area contributed by atoms with E-state index in [1.807, 2.05) is 6.07 Å². The van der Waals surface area contributed by atoms with Crippen LogP contribution in [0.15, 0.2) is 42.5 Å². The Morgan fingerprint density at radius 3 is 2.68 bits per heavy atom. The Hall–Kier alpha value is -1.62. The minimum absolute atomic E-state index is 0.152. The zero-order valence-corrected chi connectivity index (χ0v) is 13.5. The Morgan fingerprint density at radius 1 is 1.23 bits per heavy atom. The maximum absolute atomic E-state index is 13.1. The second-order valence-electron chi connectivity index (χ2n) is 4.95. The number of hydrogen-bond donors (Lipinski definition) is 1. The van der Waals surface area contributed by atoms with Gasteiger partial charge in [-0.3, -0.25) is 9.69 Å². The second-order valence-corrected chi connectivity index (χ2v) is 5.74. The molecule has 0 saturated carbocycles. The zero-order valence-electron chi connectivity index (χ0n) is 11.9. The van der Waals surface area contributed by atoms with E-state index in [0.717, 1.165) is 5.56 Å². The van der Waals surface area contributed by atoms with Crippen LogP contribution in [0.2, 0.25) is 10.0 Å². The third-order valence-corrected chi connectivity index (χ3v) is 3.80. The van der Waals surface area contributed by atoms with Crippen LogP contribution in [0.3, 0.4) is 0 Å². The van der Waals surface area contributed by atoms with Gasteiger partial charge in [0.05, 0.1) is 22.3 Å². The summed E-state index contributed by atoms with van der Waals surface area (Å²) in [6.45, 7) is 0.619. The van der Waals surface area contributed by atoms with Crippen molar-refractivity contribution in [2.24, 2.45) is 0 Å². The first-order valence-electron chi connectivity index (χ1n) is 6.62. The fraction of sp³-hybridized carbons (Fsp3) is 0.188. The van der Waals surface area contributed by atoms with Gasteiger partial charge in [-0.15, -0.1) is 0 Å². The standard InChI is InChI=1S/C16H15Cl2FN2O/c1-21(9-11-4-2-5-12(19)8-11)10-15(22)20-14-7-3-6-13(17)16(14)18/h2-8H,9-10H2,1H3,(H,20,22). The van der Waals surface area contributed by atoms with Crippen LogP contribution in [0.25, 0.3) is 0 Å². The number of carbonyl (C=O) groups is 1. The summed E-state index contributed by atoms with van der Waals surface area (Å²) in [7, 11) is 1.78. The highest BCUT2D eigenvalue weighted by atomic mass is 35.5. The molecule has 1 N–H and O–H groups in total. The van der Waals surface area contributed by atoms with Gasteiger partial charge in [0.15, 0.2) is 0 Å². The molecule has 0 aromatic heterocycles. The SMILES string of the molecule is CN(CC(=O)Nc1cccc(Cl)c1Cl)Cc1cccc(F)c1. The van der Waals surface area contributed by atoms with E-state index >= 15 is 0 Å². The third kappa shape index (κ3) is 4.70. The molecular formula is C16H15Cl2FN2O. The van der Waals surface area contributed by atoms with E-state index in [1.54, 1.807) is 36.2 Å². The predicted octanol–water partition coefficient (Wildman–Crippen LogP) is 4.20. The summed E-state index contributed by atoms with van der Waals surface area (Å²) in [5.74, 6) is -0.510. The van der Waals surface area contributed by atoms with E-state index < -0.39 is 0 Å². The third-order valence-electron chi connectivity index (χ3n) is 2.98. The van der Waals surface area contributed by atoms with Crippen LogP contribution >= 0.6 is 23.2 Å². The molecule has 3 nitrogen and oxygen atoms in total. The van der Waals surface area contributed by atoms with Gasteiger partial charge in [-0.05, 0) is 36.9 Å². The number of carbonyl (C=O) groups excluding carboxylic acids is 1. The van der Waals surface area contributed by atoms with Gasteiger partial charge in [0.25, 0.3) is 0 Å². The molecule has 0 bridgehead atoms. The van der Waals surface area contributed by atoms with Crippen LogP contribution in [-0.4, -0.2) is 24.4 Å². The van der Waals surface area contributed by atoms with Gasteiger partial charge in [-0.2, -0.15) is 0 Å². The maximum atomic E-state index is 13.1. The summed E-state index contributed by atoms with van der Waals surface area (Å²) in [6, 6.07) is 11.3. The minimum atomic E-state index is -0.291. The first kappa shape index (κ1) is 16.7. The fourth-order valence-electron chi connectivity index (χ4n) is 2.04. The number of rotatable bonds is 5. The quantitative estimate of drug-likeness (QED) is 0.884. The van der Waals surface area contributed by atoms with Crippen molar-refractivity contribution in [3.63, 3.8) is 0 Å². The molecule has 1 amide bonds. The number of halogens is 3. The Labute approximate surface area is 138 Å². The van der Waals surface area contributed by atoms with Crippen LogP contribution in [-0.2, 0) is 11.3 Å². The molecule has 6 heteroatoms. The molecule has 2 aromatic rings. The lowest BCUT2D eigenvalue weighted by Crippen LogP contribution is -2.29. The monoisotopic (exact) mass is 340 g/mol. The van der Waals surface area contributed by atoms with E-state index in [2.05, 4.69) is 5.32 Å². The van der Waals surface area contributed by atoms with Crippen molar-refractivity contribution in [2.45, 2.75) is 6.54 Å². The summed E-state index contributed by atoms with van der Waals surface area (Å²) >= 11 is 11.9. The van der Waals surface area contributed by atoms with E-state index in [-0.39, 0.29) is 18.3 Å². The van der Waals surface area contributed by atoms with Gasteiger partial charge in [0.2, 0.25) is 5.91 Å². The van der Waals surface area contributed by atoms with Crippen molar-refractivity contribution in [3.05, 3.63) is 63.9 Å². The van der Waals surface area contributed by atoms with Gasteiger partial charge in [0.1, 0.15) is 5.82 Å². The topological polar surface area (TPSA) is 32.3 Å². The Kier molecular flexibility index (Phi) is 5.77. The Balaban J connectivity index is 1.92. The fourth-order valence-corrected chi connectivity index (χ4v) is 2.39. The second kappa shape index (κ2) is 7.58. The highest BCUT2D eigenvalue weighted by Gasteiger charge is 2.11. The molecule has 0 aliphatic rings. The van der Waals surface area contributed by atoms with Crippen molar-refractivity contribution >= 4 is 34.8 Å². The molecule has 0 heterocycles. The van der Waals surface area contributed by atoms with E-state index in [9.17, 15) is 9.18 Å². The molecule has 22 heavy (non-hydrogen) atoms. The molecule has 0 aliphatic carbocycles. The van der Waals surface area contributed by atoms with Gasteiger partial charge in [-0.25, -0.2) is 4.39 Å². The van der Waals surface area contributed by atoms with Crippen LogP contribution in [0, 0.1) is 5.82 Å². The highest BCUT2D eigenvalue weighted by Crippen LogP contribution is 2.29. The van der Waals surface area contributed by atoms with Crippen molar-refractivity contribution in [3.8, 4) is 0 Å². The molecule has 2 rings (SSSR count). The number of amides is 1. The number of anilines is 1. The van der Waals surface area contributed by atoms with Gasteiger partial charge >= 0.3 is 0 Å². The van der Waals surface area contributed by atoms with Crippen LogP contribution in [0.5, 0.6) is 0 Å². The maximum Gasteiger partial charge on any atom is 0.238 e. The number of benzene rings is 2. The average Bonchev–Trinajstić information content (AvgIpc) is 2.43. The van der Waals surface area contributed by atoms with Crippen LogP contribution in [0.1, 0.15) is 5.56 Å². The van der Waals surface area contributed by atoms with Crippen LogP contribution in [0.4, 0.5) is 10.1 Å². The Bertz CT molecular complexity index is 679. The van der Waals surface area contributed by atoms with Crippen molar-refractivity contribution in [2.75, 3.05) is 18.9 Å². The molecule has 0 spiro atoms. The first-order chi connectivity index (χ1) is 10.5. The zero-order chi connectivity index (χ0) is 16.1. The number of hydrogen-bond acceptors (Lipinski definition) is 2. The van der Waals surface area contributed by atoms with Gasteiger partial charge in [-0.1, -0.05) is 41.4 Å². The van der Waals surface area contributed by atoms with Gasteiger partial charge in [0, 0.05) is 6.54 Å². The van der Waals surface area contributed by atoms with E-state index in [4.69, 9.17) is 23.2 Å². The summed E-state index contributed by atoms with van der Waals surface area (Å²) in [5.41, 5.74) is 1.27. The molecule has 0 unspecified atom stereocenters. The van der Waals surface area contributed by atoms with Gasteiger partial charge < -0.3 is 5.32 Å². The first-order valence-corrected chi connectivity index (χ1v) is 7.38. The number of likely N-dealkylation sites (N-methyl/N-ethyl adjacent to an activating group) is 1. The Morgan fingerprint density at radius 2 is 1.95 bits per heavy atom. The highest BCUT2D eigenvalue weighted by molar-refractivity contribution is 6.43. The number of nitrogens with zero attached hydrogens (tertiary/aromatic N) is 1. The van der Waals surface area contributed by atoms with Crippen molar-refractivity contribution in [1.82, 2.24) is 4.90 Å². The molecule has 0 saturated heterocycles. The molecule has 0 atom stereocenters. The lowest BCUT2D eigenvalue weighted by Gasteiger charge is -2.17. The molecular weight excluding hydrogens is 326 g/mol.